The second-order valence-corrected chi connectivity index (χ2v) is 5.84. The number of para-hydroxylation sites is 1. The van der Waals surface area contributed by atoms with E-state index in [2.05, 4.69) is 18.7 Å². The highest BCUT2D eigenvalue weighted by molar-refractivity contribution is 5.79. The van der Waals surface area contributed by atoms with Crippen molar-refractivity contribution in [2.75, 3.05) is 33.7 Å². The zero-order chi connectivity index (χ0) is 15.1. The van der Waals surface area contributed by atoms with Crippen molar-refractivity contribution in [3.8, 4) is 5.75 Å². The number of carbonyl (C=O) groups excluding carboxylic acids is 1. The maximum Gasteiger partial charge on any atom is 0.227 e. The Labute approximate surface area is 122 Å². The van der Waals surface area contributed by atoms with Crippen LogP contribution in [0.25, 0.3) is 0 Å². The van der Waals surface area contributed by atoms with Crippen molar-refractivity contribution in [1.29, 1.82) is 0 Å². The summed E-state index contributed by atoms with van der Waals surface area (Å²) in [6.45, 7) is 6.53. The topological polar surface area (TPSA) is 43.8 Å². The summed E-state index contributed by atoms with van der Waals surface area (Å²) in [4.78, 5) is 16.4. The molecule has 1 rings (SSSR count). The van der Waals surface area contributed by atoms with E-state index < -0.39 is 0 Å². The highest BCUT2D eigenvalue weighted by Crippen LogP contribution is 2.17. The Morgan fingerprint density at radius 1 is 1.20 bits per heavy atom. The fraction of sp³-hybridized carbons (Fsp3) is 0.562. The molecule has 112 valence electrons. The van der Waals surface area contributed by atoms with Crippen LogP contribution in [0.2, 0.25) is 0 Å². The Bertz CT molecular complexity index is 430. The fourth-order valence-electron chi connectivity index (χ4n) is 2.01. The van der Waals surface area contributed by atoms with Crippen molar-refractivity contribution in [2.24, 2.45) is 5.92 Å². The molecule has 1 N–H and O–H groups in total. The number of amides is 1. The van der Waals surface area contributed by atoms with E-state index in [0.29, 0.717) is 11.5 Å². The summed E-state index contributed by atoms with van der Waals surface area (Å²) in [6, 6.07) is 7.03. The molecule has 0 unspecified atom stereocenters. The van der Waals surface area contributed by atoms with Gasteiger partial charge in [0.15, 0.2) is 0 Å². The first kappa shape index (κ1) is 16.5. The van der Waals surface area contributed by atoms with Crippen molar-refractivity contribution in [3.63, 3.8) is 0 Å². The average Bonchev–Trinajstić information content (AvgIpc) is 2.36. The van der Waals surface area contributed by atoms with Gasteiger partial charge in [0.1, 0.15) is 5.75 Å². The van der Waals surface area contributed by atoms with Gasteiger partial charge in [-0.05, 0) is 26.1 Å². The third kappa shape index (κ3) is 5.61. The molecule has 0 saturated carbocycles. The Morgan fingerprint density at radius 2 is 1.85 bits per heavy atom. The number of aromatic hydroxyl groups is 1. The van der Waals surface area contributed by atoms with Gasteiger partial charge in [0.05, 0.1) is 6.42 Å². The monoisotopic (exact) mass is 278 g/mol. The lowest BCUT2D eigenvalue weighted by molar-refractivity contribution is -0.131. The lowest BCUT2D eigenvalue weighted by Gasteiger charge is -2.26. The number of benzene rings is 1. The number of phenols is 1. The summed E-state index contributed by atoms with van der Waals surface area (Å²) in [5.74, 6) is 0.700. The van der Waals surface area contributed by atoms with Crippen LogP contribution in [0.5, 0.6) is 5.75 Å². The minimum absolute atomic E-state index is 0.0713. The van der Waals surface area contributed by atoms with Gasteiger partial charge in [-0.25, -0.2) is 0 Å². The van der Waals surface area contributed by atoms with Crippen LogP contribution >= 0.6 is 0 Å². The number of nitrogens with zero attached hydrogens (tertiary/aromatic N) is 2. The number of hydrogen-bond acceptors (Lipinski definition) is 3. The molecule has 0 atom stereocenters. The SMILES string of the molecule is CC(C)CN(CCN(C)C)C(=O)Cc1ccccc1O. The zero-order valence-electron chi connectivity index (χ0n) is 13.0. The van der Waals surface area contributed by atoms with Crippen LogP contribution in [0.3, 0.4) is 0 Å². The van der Waals surface area contributed by atoms with E-state index in [1.807, 2.05) is 25.1 Å². The molecule has 1 amide bonds. The molecule has 0 fully saturated rings. The molecule has 0 spiro atoms. The Hall–Kier alpha value is -1.55. The zero-order valence-corrected chi connectivity index (χ0v) is 13.0. The van der Waals surface area contributed by atoms with E-state index in [-0.39, 0.29) is 18.1 Å². The lowest BCUT2D eigenvalue weighted by atomic mass is 10.1. The molecule has 4 heteroatoms. The lowest BCUT2D eigenvalue weighted by Crippen LogP contribution is -2.39. The van der Waals surface area contributed by atoms with Gasteiger partial charge in [-0.3, -0.25) is 4.79 Å². The van der Waals surface area contributed by atoms with Crippen LogP contribution < -0.4 is 0 Å². The van der Waals surface area contributed by atoms with Crippen LogP contribution in [0.1, 0.15) is 19.4 Å². The Morgan fingerprint density at radius 3 is 2.40 bits per heavy atom. The minimum atomic E-state index is 0.0713. The van der Waals surface area contributed by atoms with E-state index in [1.165, 1.54) is 0 Å². The summed E-state index contributed by atoms with van der Waals surface area (Å²) in [7, 11) is 4.00. The highest BCUT2D eigenvalue weighted by atomic mass is 16.3. The minimum Gasteiger partial charge on any atom is -0.508 e. The van der Waals surface area contributed by atoms with Crippen molar-refractivity contribution in [1.82, 2.24) is 9.80 Å². The fourth-order valence-corrected chi connectivity index (χ4v) is 2.01. The van der Waals surface area contributed by atoms with Crippen LogP contribution in [0.15, 0.2) is 24.3 Å². The highest BCUT2D eigenvalue weighted by Gasteiger charge is 2.16. The predicted octanol–water partition coefficient (Wildman–Crippen LogP) is 1.98. The molecular formula is C16H26N2O2. The molecule has 0 saturated heterocycles. The molecule has 0 aliphatic heterocycles. The summed E-state index contributed by atoms with van der Waals surface area (Å²) >= 11 is 0. The molecule has 0 aliphatic rings. The first-order valence-electron chi connectivity index (χ1n) is 7.09. The molecule has 0 bridgehead atoms. The molecule has 0 heterocycles. The summed E-state index contributed by atoms with van der Waals surface area (Å²) < 4.78 is 0. The molecule has 4 nitrogen and oxygen atoms in total. The molecule has 20 heavy (non-hydrogen) atoms. The van der Waals surface area contributed by atoms with E-state index >= 15 is 0 Å². The second kappa shape index (κ2) is 7.90. The smallest absolute Gasteiger partial charge is 0.227 e. The number of hydrogen-bond donors (Lipinski definition) is 1. The van der Waals surface area contributed by atoms with Crippen molar-refractivity contribution >= 4 is 5.91 Å². The number of phenolic OH excluding ortho intramolecular Hbond substituents is 1. The largest absolute Gasteiger partial charge is 0.508 e. The van der Waals surface area contributed by atoms with Crippen LogP contribution in [-0.4, -0.2) is 54.5 Å². The maximum absolute atomic E-state index is 12.4. The Kier molecular flexibility index (Phi) is 6.52. The molecule has 0 aromatic heterocycles. The predicted molar refractivity (Wildman–Crippen MR) is 81.8 cm³/mol. The molecule has 1 aromatic carbocycles. The van der Waals surface area contributed by atoms with Crippen molar-refractivity contribution < 1.29 is 9.90 Å². The third-order valence-corrected chi connectivity index (χ3v) is 3.09. The number of carbonyl (C=O) groups is 1. The van der Waals surface area contributed by atoms with Gasteiger partial charge in [-0.15, -0.1) is 0 Å². The molecule has 0 radical (unpaired) electrons. The first-order valence-corrected chi connectivity index (χ1v) is 7.09. The van der Waals surface area contributed by atoms with Gasteiger partial charge in [-0.1, -0.05) is 32.0 Å². The Balaban J connectivity index is 2.69. The first-order chi connectivity index (χ1) is 9.40. The quantitative estimate of drug-likeness (QED) is 0.829. The van der Waals surface area contributed by atoms with Crippen LogP contribution in [0, 0.1) is 5.92 Å². The van der Waals surface area contributed by atoms with Gasteiger partial charge < -0.3 is 14.9 Å². The molecular weight excluding hydrogens is 252 g/mol. The van der Waals surface area contributed by atoms with Gasteiger partial charge >= 0.3 is 0 Å². The standard InChI is InChI=1S/C16H26N2O2/c1-13(2)12-18(10-9-17(3)4)16(20)11-14-7-5-6-8-15(14)19/h5-8,13,19H,9-12H2,1-4H3. The van der Waals surface area contributed by atoms with Gasteiger partial charge in [0.25, 0.3) is 0 Å². The summed E-state index contributed by atoms with van der Waals surface area (Å²) in [6.07, 6.45) is 0.257. The number of likely N-dealkylation sites (N-methyl/N-ethyl adjacent to an activating group) is 1. The maximum atomic E-state index is 12.4. The van der Waals surface area contributed by atoms with Crippen molar-refractivity contribution in [2.45, 2.75) is 20.3 Å². The number of rotatable bonds is 7. The van der Waals surface area contributed by atoms with Gasteiger partial charge in [0.2, 0.25) is 5.91 Å². The van der Waals surface area contributed by atoms with Crippen LogP contribution in [0.4, 0.5) is 0 Å². The molecule has 1 aromatic rings. The summed E-state index contributed by atoms with van der Waals surface area (Å²) in [5.41, 5.74) is 0.691. The van der Waals surface area contributed by atoms with E-state index in [9.17, 15) is 9.90 Å². The third-order valence-electron chi connectivity index (χ3n) is 3.09. The van der Waals surface area contributed by atoms with Crippen molar-refractivity contribution in [3.05, 3.63) is 29.8 Å². The van der Waals surface area contributed by atoms with Crippen LogP contribution in [-0.2, 0) is 11.2 Å². The molecule has 0 aliphatic carbocycles. The normalized spacial score (nSPS) is 11.1. The second-order valence-electron chi connectivity index (χ2n) is 5.84. The summed E-state index contributed by atoms with van der Waals surface area (Å²) in [5, 5.41) is 9.76. The van der Waals surface area contributed by atoms with Gasteiger partial charge in [0, 0.05) is 25.2 Å². The average molecular weight is 278 g/mol. The van der Waals surface area contributed by atoms with E-state index in [4.69, 9.17) is 0 Å². The van der Waals surface area contributed by atoms with E-state index in [1.54, 1.807) is 18.2 Å². The van der Waals surface area contributed by atoms with E-state index in [0.717, 1.165) is 19.6 Å². The van der Waals surface area contributed by atoms with Gasteiger partial charge in [-0.2, -0.15) is 0 Å².